The van der Waals surface area contributed by atoms with Crippen LogP contribution in [-0.2, 0) is 14.3 Å². The van der Waals surface area contributed by atoms with E-state index < -0.39 is 17.2 Å². The first-order chi connectivity index (χ1) is 6.72. The SMILES string of the molecule is COC[C@](C)(C=O)NC(=O)OC(C)(C)C. The van der Waals surface area contributed by atoms with Gasteiger partial charge in [0, 0.05) is 7.11 Å². The fourth-order valence-corrected chi connectivity index (χ4v) is 0.936. The average molecular weight is 217 g/mol. The lowest BCUT2D eigenvalue weighted by atomic mass is 10.1. The van der Waals surface area contributed by atoms with Crippen molar-refractivity contribution in [3.8, 4) is 0 Å². The molecule has 15 heavy (non-hydrogen) atoms. The lowest BCUT2D eigenvalue weighted by Crippen LogP contribution is -2.52. The van der Waals surface area contributed by atoms with Gasteiger partial charge in [0.1, 0.15) is 17.4 Å². The van der Waals surface area contributed by atoms with Crippen molar-refractivity contribution >= 4 is 12.4 Å². The highest BCUT2D eigenvalue weighted by atomic mass is 16.6. The minimum absolute atomic E-state index is 0.107. The van der Waals surface area contributed by atoms with E-state index in [1.807, 2.05) is 0 Å². The molecular weight excluding hydrogens is 198 g/mol. The van der Waals surface area contributed by atoms with Crippen LogP contribution in [0.2, 0.25) is 0 Å². The quantitative estimate of drug-likeness (QED) is 0.716. The Morgan fingerprint density at radius 3 is 2.20 bits per heavy atom. The summed E-state index contributed by atoms with van der Waals surface area (Å²) < 4.78 is 9.84. The highest BCUT2D eigenvalue weighted by molar-refractivity contribution is 5.76. The number of aldehydes is 1. The first-order valence-corrected chi connectivity index (χ1v) is 4.69. The second-order valence-electron chi connectivity index (χ2n) is 4.60. The average Bonchev–Trinajstić information content (AvgIpc) is 2.00. The smallest absolute Gasteiger partial charge is 0.408 e. The fourth-order valence-electron chi connectivity index (χ4n) is 0.936. The van der Waals surface area contributed by atoms with Crippen molar-refractivity contribution in [2.75, 3.05) is 13.7 Å². The summed E-state index contributed by atoms with van der Waals surface area (Å²) in [5, 5.41) is 2.45. The Hall–Kier alpha value is -1.10. The molecule has 0 bridgehead atoms. The first kappa shape index (κ1) is 13.9. The van der Waals surface area contributed by atoms with Crippen LogP contribution in [0.1, 0.15) is 27.7 Å². The van der Waals surface area contributed by atoms with Crippen LogP contribution in [0.4, 0.5) is 4.79 Å². The normalized spacial score (nSPS) is 15.3. The number of nitrogens with one attached hydrogen (secondary N) is 1. The molecule has 0 aliphatic heterocycles. The van der Waals surface area contributed by atoms with Crippen LogP contribution in [0.5, 0.6) is 0 Å². The second kappa shape index (κ2) is 5.11. The van der Waals surface area contributed by atoms with Gasteiger partial charge in [0.05, 0.1) is 6.61 Å². The predicted molar refractivity (Wildman–Crippen MR) is 55.7 cm³/mol. The molecule has 0 spiro atoms. The number of carbonyl (C=O) groups excluding carboxylic acids is 2. The molecule has 1 atom stereocenters. The number of hydrogen-bond acceptors (Lipinski definition) is 4. The number of carbonyl (C=O) groups is 2. The zero-order valence-electron chi connectivity index (χ0n) is 9.92. The summed E-state index contributed by atoms with van der Waals surface area (Å²) >= 11 is 0. The summed E-state index contributed by atoms with van der Waals surface area (Å²) in [4.78, 5) is 22.1. The van der Waals surface area contributed by atoms with E-state index >= 15 is 0 Å². The van der Waals surface area contributed by atoms with Crippen LogP contribution in [0.3, 0.4) is 0 Å². The van der Waals surface area contributed by atoms with Crippen molar-refractivity contribution in [3.63, 3.8) is 0 Å². The van der Waals surface area contributed by atoms with Gasteiger partial charge in [-0.1, -0.05) is 0 Å². The maximum Gasteiger partial charge on any atom is 0.408 e. The zero-order chi connectivity index (χ0) is 12.1. The third kappa shape index (κ3) is 6.06. The molecule has 1 N–H and O–H groups in total. The standard InChI is InChI=1S/C10H19NO4/c1-9(2,3)15-8(13)11-10(4,6-12)7-14-5/h6H,7H2,1-5H3,(H,11,13)/t10-/m0/s1. The topological polar surface area (TPSA) is 64.6 Å². The summed E-state index contributed by atoms with van der Waals surface area (Å²) in [5.74, 6) is 0. The van der Waals surface area contributed by atoms with Gasteiger partial charge < -0.3 is 19.6 Å². The zero-order valence-corrected chi connectivity index (χ0v) is 9.92. The molecule has 0 radical (unpaired) electrons. The molecular formula is C10H19NO4. The third-order valence-corrected chi connectivity index (χ3v) is 1.49. The Labute approximate surface area is 90.1 Å². The van der Waals surface area contributed by atoms with Crippen molar-refractivity contribution in [1.82, 2.24) is 5.32 Å². The maximum absolute atomic E-state index is 11.4. The molecule has 0 saturated heterocycles. The lowest BCUT2D eigenvalue weighted by Gasteiger charge is -2.26. The van der Waals surface area contributed by atoms with Crippen molar-refractivity contribution in [2.24, 2.45) is 0 Å². The van der Waals surface area contributed by atoms with Crippen LogP contribution in [0.15, 0.2) is 0 Å². The summed E-state index contributed by atoms with van der Waals surface area (Å²) in [6.07, 6.45) is -0.00500. The van der Waals surface area contributed by atoms with Crippen LogP contribution >= 0.6 is 0 Å². The number of hydrogen-bond donors (Lipinski definition) is 1. The Morgan fingerprint density at radius 1 is 1.33 bits per heavy atom. The van der Waals surface area contributed by atoms with E-state index in [1.165, 1.54) is 7.11 Å². The van der Waals surface area contributed by atoms with E-state index in [0.717, 1.165) is 0 Å². The monoisotopic (exact) mass is 217 g/mol. The van der Waals surface area contributed by atoms with Gasteiger partial charge in [0.25, 0.3) is 0 Å². The molecule has 0 heterocycles. The van der Waals surface area contributed by atoms with Gasteiger partial charge in [-0.2, -0.15) is 0 Å². The van der Waals surface area contributed by atoms with E-state index in [4.69, 9.17) is 9.47 Å². The van der Waals surface area contributed by atoms with Crippen molar-refractivity contribution in [1.29, 1.82) is 0 Å². The molecule has 5 heteroatoms. The Kier molecular flexibility index (Phi) is 4.74. The molecule has 1 amide bonds. The summed E-state index contributed by atoms with van der Waals surface area (Å²) in [7, 11) is 1.46. The fraction of sp³-hybridized carbons (Fsp3) is 0.800. The first-order valence-electron chi connectivity index (χ1n) is 4.69. The van der Waals surface area contributed by atoms with Crippen LogP contribution < -0.4 is 5.32 Å². The minimum Gasteiger partial charge on any atom is -0.444 e. The maximum atomic E-state index is 11.4. The predicted octanol–water partition coefficient (Wildman–Crippen LogP) is 1.12. The highest BCUT2D eigenvalue weighted by Gasteiger charge is 2.28. The Bertz CT molecular complexity index is 234. The van der Waals surface area contributed by atoms with Crippen LogP contribution in [0, 0.1) is 0 Å². The molecule has 0 aliphatic rings. The number of ether oxygens (including phenoxy) is 2. The molecule has 0 aromatic heterocycles. The van der Waals surface area contributed by atoms with Crippen molar-refractivity contribution < 1.29 is 19.1 Å². The third-order valence-electron chi connectivity index (χ3n) is 1.49. The molecule has 88 valence electrons. The lowest BCUT2D eigenvalue weighted by molar-refractivity contribution is -0.114. The van der Waals surface area contributed by atoms with Gasteiger partial charge >= 0.3 is 6.09 Å². The summed E-state index contributed by atoms with van der Waals surface area (Å²) in [6.45, 7) is 6.92. The molecule has 0 fully saturated rings. The van der Waals surface area contributed by atoms with Gasteiger partial charge in [0.15, 0.2) is 0 Å². The van der Waals surface area contributed by atoms with Gasteiger partial charge in [-0.15, -0.1) is 0 Å². The molecule has 0 unspecified atom stereocenters. The highest BCUT2D eigenvalue weighted by Crippen LogP contribution is 2.08. The number of rotatable bonds is 4. The molecule has 0 aliphatic carbocycles. The van der Waals surface area contributed by atoms with E-state index in [1.54, 1.807) is 27.7 Å². The number of methoxy groups -OCH3 is 1. The molecule has 0 aromatic carbocycles. The van der Waals surface area contributed by atoms with Crippen LogP contribution in [-0.4, -0.2) is 37.2 Å². The van der Waals surface area contributed by atoms with Gasteiger partial charge in [-0.3, -0.25) is 0 Å². The minimum atomic E-state index is -1.04. The van der Waals surface area contributed by atoms with Gasteiger partial charge in [-0.05, 0) is 27.7 Å². The Morgan fingerprint density at radius 2 is 1.87 bits per heavy atom. The number of alkyl carbamates (subject to hydrolysis) is 1. The van der Waals surface area contributed by atoms with Gasteiger partial charge in [0.2, 0.25) is 0 Å². The van der Waals surface area contributed by atoms with Crippen molar-refractivity contribution in [2.45, 2.75) is 38.8 Å². The van der Waals surface area contributed by atoms with Crippen LogP contribution in [0.25, 0.3) is 0 Å². The largest absolute Gasteiger partial charge is 0.444 e. The van der Waals surface area contributed by atoms with Gasteiger partial charge in [-0.25, -0.2) is 4.79 Å². The molecule has 0 saturated carbocycles. The summed E-state index contributed by atoms with van der Waals surface area (Å²) in [5.41, 5.74) is -1.63. The van der Waals surface area contributed by atoms with E-state index in [9.17, 15) is 9.59 Å². The van der Waals surface area contributed by atoms with Crippen molar-refractivity contribution in [3.05, 3.63) is 0 Å². The Balaban J connectivity index is 4.31. The van der Waals surface area contributed by atoms with E-state index in [-0.39, 0.29) is 6.61 Å². The molecule has 0 aromatic rings. The second-order valence-corrected chi connectivity index (χ2v) is 4.60. The van der Waals surface area contributed by atoms with E-state index in [0.29, 0.717) is 6.29 Å². The molecule has 5 nitrogen and oxygen atoms in total. The van der Waals surface area contributed by atoms with E-state index in [2.05, 4.69) is 5.32 Å². The molecule has 0 rings (SSSR count). The summed E-state index contributed by atoms with van der Waals surface area (Å²) in [6, 6.07) is 0. The number of amides is 1.